The van der Waals surface area contributed by atoms with E-state index in [1.54, 1.807) is 6.20 Å². The molecule has 6 rings (SSSR count). The molecule has 1 N–H and O–H groups in total. The van der Waals surface area contributed by atoms with Gasteiger partial charge in [0.2, 0.25) is 5.88 Å². The molecule has 0 saturated heterocycles. The smallest absolute Gasteiger partial charge is 0.219 e. The molecule has 0 atom stereocenters. The lowest BCUT2D eigenvalue weighted by Gasteiger charge is -2.13. The molecule has 6 aromatic rings. The number of rotatable bonds is 4. The third-order valence-corrected chi connectivity index (χ3v) is 6.18. The molecule has 0 bridgehead atoms. The van der Waals surface area contributed by atoms with Crippen LogP contribution in [-0.2, 0) is 0 Å². The van der Waals surface area contributed by atoms with Crippen LogP contribution in [0.5, 0.6) is 17.4 Å². The van der Waals surface area contributed by atoms with Gasteiger partial charge in [0, 0.05) is 28.6 Å². The van der Waals surface area contributed by atoms with E-state index in [2.05, 4.69) is 27.8 Å². The van der Waals surface area contributed by atoms with E-state index in [9.17, 15) is 5.11 Å². The molecule has 0 aliphatic carbocycles. The normalized spacial score (nSPS) is 11.3. The predicted octanol–water partition coefficient (Wildman–Crippen LogP) is 7.36. The van der Waals surface area contributed by atoms with E-state index in [-0.39, 0.29) is 5.75 Å². The number of hydrogen-bond donors (Lipinski definition) is 1. The average Bonchev–Trinajstić information content (AvgIpc) is 3.20. The van der Waals surface area contributed by atoms with Crippen molar-refractivity contribution in [3.8, 4) is 34.3 Å². The van der Waals surface area contributed by atoms with Gasteiger partial charge >= 0.3 is 0 Å². The molecule has 0 aliphatic rings. The third kappa shape index (κ3) is 3.67. The number of ether oxygens (including phenoxy) is 1. The Morgan fingerprint density at radius 3 is 2.51 bits per heavy atom. The Hall–Kier alpha value is -4.64. The lowest BCUT2D eigenvalue weighted by molar-refractivity contribution is 0.463. The van der Waals surface area contributed by atoms with Gasteiger partial charge in [-0.3, -0.25) is 4.57 Å². The van der Waals surface area contributed by atoms with Gasteiger partial charge in [0.15, 0.2) is 0 Å². The summed E-state index contributed by atoms with van der Waals surface area (Å²) in [5.74, 6) is 1.49. The second-order valence-electron chi connectivity index (χ2n) is 8.67. The zero-order valence-electron chi connectivity index (χ0n) is 19.4. The Bertz CT molecular complexity index is 1700. The summed E-state index contributed by atoms with van der Waals surface area (Å²) < 4.78 is 7.99. The lowest BCUT2D eigenvalue weighted by Crippen LogP contribution is -1.99. The second kappa shape index (κ2) is 8.29. The number of aryl methyl sites for hydroxylation is 2. The van der Waals surface area contributed by atoms with Crippen LogP contribution in [0.3, 0.4) is 0 Å². The summed E-state index contributed by atoms with van der Waals surface area (Å²) >= 11 is 0. The first-order valence-electron chi connectivity index (χ1n) is 11.5. The first kappa shape index (κ1) is 20.9. The number of pyridine rings is 2. The summed E-state index contributed by atoms with van der Waals surface area (Å²) in [6, 6.07) is 29.7. The maximum absolute atomic E-state index is 11.0. The molecule has 3 aromatic heterocycles. The third-order valence-electron chi connectivity index (χ3n) is 6.18. The number of fused-ring (bicyclic) bond motifs is 3. The van der Waals surface area contributed by atoms with E-state index in [4.69, 9.17) is 9.72 Å². The molecular weight excluding hydrogens is 434 g/mol. The van der Waals surface area contributed by atoms with Gasteiger partial charge in [0.25, 0.3) is 0 Å². The Kier molecular flexibility index (Phi) is 4.96. The number of phenols is 1. The van der Waals surface area contributed by atoms with Gasteiger partial charge in [-0.2, -0.15) is 0 Å². The standard InChI is InChI=1S/C30H23N3O2/c1-19-16-20(2)29(34)27(17-19)33-26-11-4-3-10-23(26)24-13-14-25(32-30(24)33)21-8-7-9-22(18-21)35-28-12-5-6-15-31-28/h3-18,34H,1-2H3. The van der Waals surface area contributed by atoms with Crippen molar-refractivity contribution < 1.29 is 9.84 Å². The molecule has 0 fully saturated rings. The number of aromatic hydroxyl groups is 1. The van der Waals surface area contributed by atoms with Crippen LogP contribution in [0.4, 0.5) is 0 Å². The van der Waals surface area contributed by atoms with Crippen molar-refractivity contribution in [1.29, 1.82) is 0 Å². The van der Waals surface area contributed by atoms with Crippen molar-refractivity contribution in [2.75, 3.05) is 0 Å². The van der Waals surface area contributed by atoms with Gasteiger partial charge in [0.05, 0.1) is 16.9 Å². The number of nitrogens with zero attached hydrogens (tertiary/aromatic N) is 3. The van der Waals surface area contributed by atoms with Gasteiger partial charge in [-0.05, 0) is 67.4 Å². The minimum absolute atomic E-state index is 0.260. The maximum Gasteiger partial charge on any atom is 0.219 e. The first-order chi connectivity index (χ1) is 17.1. The highest BCUT2D eigenvalue weighted by Crippen LogP contribution is 2.37. The number of hydrogen-bond acceptors (Lipinski definition) is 4. The van der Waals surface area contributed by atoms with Gasteiger partial charge < -0.3 is 9.84 Å². The highest BCUT2D eigenvalue weighted by molar-refractivity contribution is 6.08. The molecule has 170 valence electrons. The molecule has 0 amide bonds. The molecule has 3 aromatic carbocycles. The van der Waals surface area contributed by atoms with Crippen LogP contribution in [0.2, 0.25) is 0 Å². The quantitative estimate of drug-likeness (QED) is 0.300. The SMILES string of the molecule is Cc1cc(C)c(O)c(-n2c3ccccc3c3ccc(-c4cccc(Oc5ccccn5)c4)nc32)c1. The van der Waals surface area contributed by atoms with E-state index in [0.717, 1.165) is 50.0 Å². The number of para-hydroxylation sites is 1. The van der Waals surface area contributed by atoms with Crippen LogP contribution in [0.15, 0.2) is 97.2 Å². The van der Waals surface area contributed by atoms with Crippen LogP contribution in [0, 0.1) is 13.8 Å². The van der Waals surface area contributed by atoms with E-state index < -0.39 is 0 Å². The van der Waals surface area contributed by atoms with Crippen LogP contribution in [0.25, 0.3) is 38.9 Å². The molecule has 5 heteroatoms. The van der Waals surface area contributed by atoms with E-state index in [1.807, 2.05) is 86.6 Å². The highest BCUT2D eigenvalue weighted by atomic mass is 16.5. The van der Waals surface area contributed by atoms with Crippen LogP contribution in [-0.4, -0.2) is 19.6 Å². The summed E-state index contributed by atoms with van der Waals surface area (Å²) in [7, 11) is 0. The second-order valence-corrected chi connectivity index (χ2v) is 8.67. The number of aromatic nitrogens is 3. The zero-order chi connectivity index (χ0) is 23.9. The fourth-order valence-electron chi connectivity index (χ4n) is 4.60. The van der Waals surface area contributed by atoms with Gasteiger partial charge in [0.1, 0.15) is 17.1 Å². The highest BCUT2D eigenvalue weighted by Gasteiger charge is 2.18. The topological polar surface area (TPSA) is 60.2 Å². The maximum atomic E-state index is 11.0. The van der Waals surface area contributed by atoms with E-state index >= 15 is 0 Å². The fraction of sp³-hybridized carbons (Fsp3) is 0.0667. The number of phenolic OH excluding ortho intramolecular Hbond substituents is 1. The van der Waals surface area contributed by atoms with Crippen molar-refractivity contribution in [3.63, 3.8) is 0 Å². The summed E-state index contributed by atoms with van der Waals surface area (Å²) in [5.41, 5.74) is 6.18. The van der Waals surface area contributed by atoms with Crippen molar-refractivity contribution in [2.45, 2.75) is 13.8 Å². The van der Waals surface area contributed by atoms with Crippen molar-refractivity contribution >= 4 is 21.9 Å². The molecule has 0 aliphatic heterocycles. The first-order valence-corrected chi connectivity index (χ1v) is 11.5. The summed E-state index contributed by atoms with van der Waals surface area (Å²) in [5, 5.41) is 13.1. The van der Waals surface area contributed by atoms with E-state index in [1.165, 1.54) is 0 Å². The Morgan fingerprint density at radius 1 is 0.800 bits per heavy atom. The number of benzene rings is 3. The van der Waals surface area contributed by atoms with Crippen LogP contribution < -0.4 is 4.74 Å². The molecule has 0 spiro atoms. The molecular formula is C30H23N3O2. The zero-order valence-corrected chi connectivity index (χ0v) is 19.4. The minimum Gasteiger partial charge on any atom is -0.505 e. The van der Waals surface area contributed by atoms with Crippen LogP contribution in [0.1, 0.15) is 11.1 Å². The largest absolute Gasteiger partial charge is 0.505 e. The van der Waals surface area contributed by atoms with Crippen LogP contribution >= 0.6 is 0 Å². The molecule has 0 unspecified atom stereocenters. The Morgan fingerprint density at radius 2 is 1.66 bits per heavy atom. The predicted molar refractivity (Wildman–Crippen MR) is 139 cm³/mol. The van der Waals surface area contributed by atoms with Crippen molar-refractivity contribution in [3.05, 3.63) is 108 Å². The van der Waals surface area contributed by atoms with Crippen molar-refractivity contribution in [1.82, 2.24) is 14.5 Å². The minimum atomic E-state index is 0.260. The van der Waals surface area contributed by atoms with Gasteiger partial charge in [-0.15, -0.1) is 0 Å². The molecule has 5 nitrogen and oxygen atoms in total. The Labute approximate surface area is 202 Å². The molecule has 0 radical (unpaired) electrons. The summed E-state index contributed by atoms with van der Waals surface area (Å²) in [6.45, 7) is 3.96. The molecule has 0 saturated carbocycles. The lowest BCUT2D eigenvalue weighted by atomic mass is 10.1. The fourth-order valence-corrected chi connectivity index (χ4v) is 4.60. The monoisotopic (exact) mass is 457 g/mol. The molecule has 3 heterocycles. The summed E-state index contributed by atoms with van der Waals surface area (Å²) in [4.78, 5) is 9.33. The van der Waals surface area contributed by atoms with E-state index in [0.29, 0.717) is 11.6 Å². The van der Waals surface area contributed by atoms with Gasteiger partial charge in [-0.1, -0.05) is 42.5 Å². The molecule has 35 heavy (non-hydrogen) atoms. The average molecular weight is 458 g/mol. The summed E-state index contributed by atoms with van der Waals surface area (Å²) in [6.07, 6.45) is 1.70. The Balaban J connectivity index is 1.54. The van der Waals surface area contributed by atoms with Crippen molar-refractivity contribution in [2.24, 2.45) is 0 Å². The van der Waals surface area contributed by atoms with Gasteiger partial charge in [-0.25, -0.2) is 9.97 Å².